The van der Waals surface area contributed by atoms with Crippen LogP contribution in [-0.4, -0.2) is 42.9 Å². The highest BCUT2D eigenvalue weighted by molar-refractivity contribution is 5.81. The van der Waals surface area contributed by atoms with Gasteiger partial charge in [0.25, 0.3) is 0 Å². The molecule has 0 spiro atoms. The highest BCUT2D eigenvalue weighted by Gasteiger charge is 2.27. The van der Waals surface area contributed by atoms with Crippen molar-refractivity contribution in [1.29, 1.82) is 0 Å². The van der Waals surface area contributed by atoms with E-state index in [0.717, 1.165) is 31.8 Å². The van der Waals surface area contributed by atoms with Gasteiger partial charge in [-0.25, -0.2) is 0 Å². The van der Waals surface area contributed by atoms with Gasteiger partial charge in [-0.3, -0.25) is 9.59 Å². The summed E-state index contributed by atoms with van der Waals surface area (Å²) in [5.74, 6) is 0.434. The van der Waals surface area contributed by atoms with Gasteiger partial charge in [-0.2, -0.15) is 0 Å². The molecule has 0 radical (unpaired) electrons. The summed E-state index contributed by atoms with van der Waals surface area (Å²) < 4.78 is 0. The van der Waals surface area contributed by atoms with Crippen LogP contribution in [0.3, 0.4) is 0 Å². The Bertz CT molecular complexity index is 302. The van der Waals surface area contributed by atoms with Crippen molar-refractivity contribution >= 4 is 11.8 Å². The number of nitrogens with two attached hydrogens (primary N) is 1. The van der Waals surface area contributed by atoms with Gasteiger partial charge in [0, 0.05) is 13.1 Å². The van der Waals surface area contributed by atoms with E-state index in [1.807, 2.05) is 0 Å². The van der Waals surface area contributed by atoms with Gasteiger partial charge in [-0.1, -0.05) is 0 Å². The zero-order valence-electron chi connectivity index (χ0n) is 10.2. The lowest BCUT2D eigenvalue weighted by atomic mass is 9.97. The third-order valence-corrected chi connectivity index (χ3v) is 3.58. The Balaban J connectivity index is 1.71. The van der Waals surface area contributed by atoms with Crippen molar-refractivity contribution in [2.75, 3.05) is 26.2 Å². The van der Waals surface area contributed by atoms with Crippen LogP contribution in [0.1, 0.15) is 25.7 Å². The van der Waals surface area contributed by atoms with E-state index < -0.39 is 0 Å². The van der Waals surface area contributed by atoms with E-state index in [4.69, 9.17) is 5.73 Å². The first-order chi connectivity index (χ1) is 8.16. The van der Waals surface area contributed by atoms with Crippen molar-refractivity contribution in [2.45, 2.75) is 25.7 Å². The fraction of sp³-hybridized carbons (Fsp3) is 0.833. The number of carbonyl (C=O) groups excluding carboxylic acids is 2. The first kappa shape index (κ1) is 12.4. The van der Waals surface area contributed by atoms with E-state index in [-0.39, 0.29) is 17.7 Å². The number of nitrogens with one attached hydrogen (secondary N) is 1. The van der Waals surface area contributed by atoms with Gasteiger partial charge in [0.05, 0.1) is 12.5 Å². The highest BCUT2D eigenvalue weighted by Crippen LogP contribution is 2.27. The van der Waals surface area contributed by atoms with Crippen LogP contribution in [0.15, 0.2) is 0 Å². The highest BCUT2D eigenvalue weighted by atomic mass is 16.2. The lowest BCUT2D eigenvalue weighted by molar-refractivity contribution is -0.134. The quantitative estimate of drug-likeness (QED) is 0.692. The Morgan fingerprint density at radius 1 is 1.29 bits per heavy atom. The third-order valence-electron chi connectivity index (χ3n) is 3.58. The molecule has 2 fully saturated rings. The average Bonchev–Trinajstić information content (AvgIpc) is 3.13. The molecule has 1 saturated heterocycles. The minimum Gasteiger partial charge on any atom is -0.369 e. The first-order valence-electron chi connectivity index (χ1n) is 6.44. The number of hydrogen-bond donors (Lipinski definition) is 2. The van der Waals surface area contributed by atoms with Gasteiger partial charge in [-0.05, 0) is 38.1 Å². The van der Waals surface area contributed by atoms with Crippen molar-refractivity contribution < 1.29 is 9.59 Å². The zero-order chi connectivity index (χ0) is 12.3. The molecular formula is C12H21N3O2. The summed E-state index contributed by atoms with van der Waals surface area (Å²) >= 11 is 0. The van der Waals surface area contributed by atoms with Gasteiger partial charge in [0.1, 0.15) is 0 Å². The summed E-state index contributed by atoms with van der Waals surface area (Å²) in [5.41, 5.74) is 5.29. The average molecular weight is 239 g/mol. The number of amides is 2. The molecule has 2 amide bonds. The van der Waals surface area contributed by atoms with Crippen LogP contribution in [0, 0.1) is 11.8 Å². The summed E-state index contributed by atoms with van der Waals surface area (Å²) in [6.45, 7) is 2.59. The maximum Gasteiger partial charge on any atom is 0.236 e. The second kappa shape index (κ2) is 5.49. The maximum atomic E-state index is 11.9. The van der Waals surface area contributed by atoms with E-state index in [0.29, 0.717) is 13.1 Å². The van der Waals surface area contributed by atoms with Crippen molar-refractivity contribution in [2.24, 2.45) is 17.6 Å². The van der Waals surface area contributed by atoms with Gasteiger partial charge >= 0.3 is 0 Å². The Hall–Kier alpha value is -1.10. The normalized spacial score (nSPS) is 24.7. The molecule has 1 atom stereocenters. The van der Waals surface area contributed by atoms with Gasteiger partial charge in [-0.15, -0.1) is 0 Å². The number of primary amides is 1. The molecule has 0 aromatic heterocycles. The Kier molecular flexibility index (Phi) is 3.99. The van der Waals surface area contributed by atoms with Crippen molar-refractivity contribution in [3.63, 3.8) is 0 Å². The van der Waals surface area contributed by atoms with E-state index >= 15 is 0 Å². The van der Waals surface area contributed by atoms with Crippen LogP contribution in [0.5, 0.6) is 0 Å². The third kappa shape index (κ3) is 3.70. The summed E-state index contributed by atoms with van der Waals surface area (Å²) in [6.07, 6.45) is 4.26. The largest absolute Gasteiger partial charge is 0.369 e. The number of piperidine rings is 1. The number of carbonyl (C=O) groups is 2. The molecule has 96 valence electrons. The van der Waals surface area contributed by atoms with Crippen LogP contribution < -0.4 is 11.1 Å². The number of nitrogens with zero attached hydrogens (tertiary/aromatic N) is 1. The second-order valence-corrected chi connectivity index (χ2v) is 5.16. The smallest absolute Gasteiger partial charge is 0.236 e. The van der Waals surface area contributed by atoms with Gasteiger partial charge < -0.3 is 16.0 Å². The van der Waals surface area contributed by atoms with Crippen molar-refractivity contribution in [1.82, 2.24) is 10.2 Å². The Morgan fingerprint density at radius 2 is 2.06 bits per heavy atom. The lowest BCUT2D eigenvalue weighted by Crippen LogP contribution is -2.47. The van der Waals surface area contributed by atoms with E-state index in [2.05, 4.69) is 5.32 Å². The minimum absolute atomic E-state index is 0.0941. The number of likely N-dealkylation sites (tertiary alicyclic amines) is 1. The fourth-order valence-electron chi connectivity index (χ4n) is 2.25. The second-order valence-electron chi connectivity index (χ2n) is 5.16. The monoisotopic (exact) mass is 239 g/mol. The standard InChI is InChI=1S/C12H21N3O2/c13-12(17)10-2-1-5-15(8-10)11(16)7-14-6-9-3-4-9/h9-10,14H,1-8H2,(H2,13,17). The molecule has 0 bridgehead atoms. The Morgan fingerprint density at radius 3 is 2.71 bits per heavy atom. The van der Waals surface area contributed by atoms with Crippen LogP contribution in [-0.2, 0) is 9.59 Å². The number of hydrogen-bond acceptors (Lipinski definition) is 3. The summed E-state index contributed by atoms with van der Waals surface area (Å²) in [7, 11) is 0. The molecule has 5 nitrogen and oxygen atoms in total. The molecule has 3 N–H and O–H groups in total. The predicted octanol–water partition coefficient (Wildman–Crippen LogP) is -0.290. The molecule has 1 saturated carbocycles. The molecular weight excluding hydrogens is 218 g/mol. The van der Waals surface area contributed by atoms with Crippen LogP contribution >= 0.6 is 0 Å². The molecule has 0 aromatic carbocycles. The predicted molar refractivity (Wildman–Crippen MR) is 64.1 cm³/mol. The molecule has 1 aliphatic carbocycles. The molecule has 17 heavy (non-hydrogen) atoms. The van der Waals surface area contributed by atoms with E-state index in [1.54, 1.807) is 4.90 Å². The van der Waals surface area contributed by atoms with Crippen LogP contribution in [0.2, 0.25) is 0 Å². The maximum absolute atomic E-state index is 11.9. The first-order valence-corrected chi connectivity index (χ1v) is 6.44. The lowest BCUT2D eigenvalue weighted by Gasteiger charge is -2.31. The number of rotatable bonds is 5. The minimum atomic E-state index is -0.284. The van der Waals surface area contributed by atoms with Crippen LogP contribution in [0.4, 0.5) is 0 Å². The molecule has 5 heteroatoms. The van der Waals surface area contributed by atoms with E-state index in [9.17, 15) is 9.59 Å². The molecule has 0 aromatic rings. The molecule has 1 heterocycles. The zero-order valence-corrected chi connectivity index (χ0v) is 10.2. The molecule has 2 rings (SSSR count). The van der Waals surface area contributed by atoms with E-state index in [1.165, 1.54) is 12.8 Å². The topological polar surface area (TPSA) is 75.4 Å². The fourth-order valence-corrected chi connectivity index (χ4v) is 2.25. The summed E-state index contributed by atoms with van der Waals surface area (Å²) in [5, 5.41) is 3.18. The molecule has 1 aliphatic heterocycles. The summed E-state index contributed by atoms with van der Waals surface area (Å²) in [4.78, 5) is 24.7. The SMILES string of the molecule is NC(=O)C1CCCN(C(=O)CNCC2CC2)C1. The van der Waals surface area contributed by atoms with Crippen LogP contribution in [0.25, 0.3) is 0 Å². The Labute approximate surface area is 102 Å². The van der Waals surface area contributed by atoms with Gasteiger partial charge in [0.15, 0.2) is 0 Å². The van der Waals surface area contributed by atoms with Gasteiger partial charge in [0.2, 0.25) is 11.8 Å². The van der Waals surface area contributed by atoms with Crippen molar-refractivity contribution in [3.8, 4) is 0 Å². The molecule has 2 aliphatic rings. The summed E-state index contributed by atoms with van der Waals surface area (Å²) in [6, 6.07) is 0. The molecule has 1 unspecified atom stereocenters. The van der Waals surface area contributed by atoms with Crippen molar-refractivity contribution in [3.05, 3.63) is 0 Å².